The quantitative estimate of drug-likeness (QED) is 0.803. The van der Waals surface area contributed by atoms with Gasteiger partial charge in [0.2, 0.25) is 5.91 Å². The van der Waals surface area contributed by atoms with Crippen molar-refractivity contribution in [3.05, 3.63) is 29.3 Å². The molecule has 0 bridgehead atoms. The van der Waals surface area contributed by atoms with Crippen LogP contribution in [-0.4, -0.2) is 42.9 Å². The van der Waals surface area contributed by atoms with Crippen molar-refractivity contribution in [1.29, 1.82) is 0 Å². The Balaban J connectivity index is 0.00000261. The third-order valence-electron chi connectivity index (χ3n) is 5.80. The summed E-state index contributed by atoms with van der Waals surface area (Å²) in [6, 6.07) is 5.69. The summed E-state index contributed by atoms with van der Waals surface area (Å²) in [6.07, 6.45) is 4.99. The fourth-order valence-corrected chi connectivity index (χ4v) is 4.16. The van der Waals surface area contributed by atoms with Gasteiger partial charge in [0, 0.05) is 19.5 Å². The molecule has 2 N–H and O–H groups in total. The highest BCUT2D eigenvalue weighted by Gasteiger charge is 2.25. The zero-order chi connectivity index (χ0) is 18.5. The molecule has 2 amide bonds. The molecule has 2 atom stereocenters. The number of carbonyl (C=O) groups is 2. The second-order valence-corrected chi connectivity index (χ2v) is 7.83. The molecule has 3 rings (SSSR count). The molecule has 1 aromatic rings. The Morgan fingerprint density at radius 2 is 2.00 bits per heavy atom. The monoisotopic (exact) mass is 393 g/mol. The zero-order valence-corrected chi connectivity index (χ0v) is 17.2. The number of rotatable bonds is 5. The summed E-state index contributed by atoms with van der Waals surface area (Å²) in [6.45, 7) is 7.80. The molecule has 0 aliphatic carbocycles. The number of anilines is 1. The molecule has 2 unspecified atom stereocenters. The van der Waals surface area contributed by atoms with Crippen molar-refractivity contribution in [3.63, 3.8) is 0 Å². The maximum absolute atomic E-state index is 12.9. The molecule has 0 spiro atoms. The van der Waals surface area contributed by atoms with Crippen molar-refractivity contribution in [2.24, 2.45) is 11.8 Å². The Morgan fingerprint density at radius 1 is 1.26 bits per heavy atom. The van der Waals surface area contributed by atoms with E-state index in [1.807, 2.05) is 30.0 Å². The van der Waals surface area contributed by atoms with Crippen molar-refractivity contribution in [2.75, 3.05) is 31.5 Å². The molecule has 2 heterocycles. The van der Waals surface area contributed by atoms with E-state index < -0.39 is 0 Å². The van der Waals surface area contributed by atoms with Gasteiger partial charge in [-0.05, 0) is 69.2 Å². The van der Waals surface area contributed by atoms with Gasteiger partial charge in [-0.25, -0.2) is 0 Å². The number of hydrogen-bond acceptors (Lipinski definition) is 3. The van der Waals surface area contributed by atoms with Crippen LogP contribution >= 0.6 is 12.4 Å². The van der Waals surface area contributed by atoms with E-state index in [9.17, 15) is 9.59 Å². The number of piperidine rings is 1. The smallest absolute Gasteiger partial charge is 0.256 e. The Hall–Kier alpha value is -1.59. The zero-order valence-electron chi connectivity index (χ0n) is 16.4. The summed E-state index contributed by atoms with van der Waals surface area (Å²) in [7, 11) is 0. The van der Waals surface area contributed by atoms with Crippen molar-refractivity contribution >= 4 is 29.9 Å². The number of hydrogen-bond donors (Lipinski definition) is 2. The Bertz CT molecular complexity index is 653. The van der Waals surface area contributed by atoms with Crippen LogP contribution in [0.15, 0.2) is 18.2 Å². The molecular weight excluding hydrogens is 362 g/mol. The van der Waals surface area contributed by atoms with Gasteiger partial charge in [-0.15, -0.1) is 12.4 Å². The molecule has 0 radical (unpaired) electrons. The second-order valence-electron chi connectivity index (χ2n) is 7.83. The highest BCUT2D eigenvalue weighted by atomic mass is 35.5. The minimum atomic E-state index is 0. The van der Waals surface area contributed by atoms with Crippen LogP contribution in [0, 0.1) is 18.8 Å². The van der Waals surface area contributed by atoms with Crippen LogP contribution in [0.1, 0.15) is 54.9 Å². The maximum Gasteiger partial charge on any atom is 0.256 e. The first kappa shape index (κ1) is 21.7. The van der Waals surface area contributed by atoms with Gasteiger partial charge >= 0.3 is 0 Å². The van der Waals surface area contributed by atoms with Crippen LogP contribution in [0.25, 0.3) is 0 Å². The van der Waals surface area contributed by atoms with Gasteiger partial charge in [0.05, 0.1) is 11.3 Å². The molecule has 2 saturated heterocycles. The Morgan fingerprint density at radius 3 is 2.67 bits per heavy atom. The molecule has 2 fully saturated rings. The van der Waals surface area contributed by atoms with Gasteiger partial charge in [0.1, 0.15) is 0 Å². The number of benzene rings is 1. The van der Waals surface area contributed by atoms with E-state index in [4.69, 9.17) is 0 Å². The van der Waals surface area contributed by atoms with Crippen molar-refractivity contribution in [3.8, 4) is 0 Å². The minimum absolute atomic E-state index is 0. The number of halogens is 1. The average molecular weight is 394 g/mol. The van der Waals surface area contributed by atoms with Gasteiger partial charge in [-0.1, -0.05) is 19.1 Å². The molecule has 6 heteroatoms. The highest BCUT2D eigenvalue weighted by Crippen LogP contribution is 2.26. The van der Waals surface area contributed by atoms with E-state index >= 15 is 0 Å². The SMILES string of the molecule is Cc1cccc(NC(=O)CC(C)C2CCCNC2)c1C(=O)N1CCCC1.Cl. The molecule has 0 aromatic heterocycles. The average Bonchev–Trinajstić information content (AvgIpc) is 3.17. The van der Waals surface area contributed by atoms with Crippen LogP contribution in [0.4, 0.5) is 5.69 Å². The molecule has 27 heavy (non-hydrogen) atoms. The molecule has 0 saturated carbocycles. The van der Waals surface area contributed by atoms with Crippen LogP contribution in [0.2, 0.25) is 0 Å². The summed E-state index contributed by atoms with van der Waals surface area (Å²) in [4.78, 5) is 27.4. The molecular formula is C21H32ClN3O2. The van der Waals surface area contributed by atoms with Crippen molar-refractivity contribution in [2.45, 2.75) is 46.0 Å². The molecule has 5 nitrogen and oxygen atoms in total. The number of nitrogens with one attached hydrogen (secondary N) is 2. The van der Waals surface area contributed by atoms with Gasteiger partial charge in [0.15, 0.2) is 0 Å². The molecule has 1 aromatic carbocycles. The Kier molecular flexibility index (Phi) is 8.11. The number of nitrogens with zero attached hydrogens (tertiary/aromatic N) is 1. The van der Waals surface area contributed by atoms with E-state index in [0.29, 0.717) is 29.5 Å². The highest BCUT2D eigenvalue weighted by molar-refractivity contribution is 6.05. The minimum Gasteiger partial charge on any atom is -0.339 e. The lowest BCUT2D eigenvalue weighted by Crippen LogP contribution is -2.34. The number of amides is 2. The standard InChI is InChI=1S/C21H31N3O2.ClH/c1-15-7-5-9-18(20(15)21(26)24-11-3-4-12-24)23-19(25)13-16(2)17-8-6-10-22-14-17;/h5,7,9,16-17,22H,3-4,6,8,10-14H2,1-2H3,(H,23,25);1H. The number of aryl methyl sites for hydroxylation is 1. The first-order valence-electron chi connectivity index (χ1n) is 9.95. The van der Waals surface area contributed by atoms with E-state index in [-0.39, 0.29) is 24.2 Å². The third-order valence-corrected chi connectivity index (χ3v) is 5.80. The number of likely N-dealkylation sites (tertiary alicyclic amines) is 1. The van der Waals surface area contributed by atoms with Crippen LogP contribution in [0.3, 0.4) is 0 Å². The van der Waals surface area contributed by atoms with Crippen molar-refractivity contribution < 1.29 is 9.59 Å². The second kappa shape index (κ2) is 10.1. The lowest BCUT2D eigenvalue weighted by atomic mass is 9.85. The normalized spacial score (nSPS) is 20.7. The van der Waals surface area contributed by atoms with Gasteiger partial charge in [-0.2, -0.15) is 0 Å². The predicted molar refractivity (Wildman–Crippen MR) is 112 cm³/mol. The van der Waals surface area contributed by atoms with Crippen LogP contribution < -0.4 is 10.6 Å². The van der Waals surface area contributed by atoms with Crippen LogP contribution in [-0.2, 0) is 4.79 Å². The summed E-state index contributed by atoms with van der Waals surface area (Å²) >= 11 is 0. The maximum atomic E-state index is 12.9. The lowest BCUT2D eigenvalue weighted by molar-refractivity contribution is -0.117. The van der Waals surface area contributed by atoms with E-state index in [2.05, 4.69) is 17.6 Å². The third kappa shape index (κ3) is 5.45. The number of carbonyl (C=O) groups excluding carboxylic acids is 2. The Labute approximate surface area is 168 Å². The lowest BCUT2D eigenvalue weighted by Gasteiger charge is -2.28. The van der Waals surface area contributed by atoms with Gasteiger partial charge in [0.25, 0.3) is 5.91 Å². The van der Waals surface area contributed by atoms with E-state index in [1.165, 1.54) is 12.8 Å². The fraction of sp³-hybridized carbons (Fsp3) is 0.619. The largest absolute Gasteiger partial charge is 0.339 e. The first-order valence-corrected chi connectivity index (χ1v) is 9.95. The summed E-state index contributed by atoms with van der Waals surface area (Å²) in [5.41, 5.74) is 2.22. The molecule has 150 valence electrons. The first-order chi connectivity index (χ1) is 12.6. The van der Waals surface area contributed by atoms with Gasteiger partial charge < -0.3 is 15.5 Å². The summed E-state index contributed by atoms with van der Waals surface area (Å²) in [5.74, 6) is 0.938. The van der Waals surface area contributed by atoms with Gasteiger partial charge in [-0.3, -0.25) is 9.59 Å². The van der Waals surface area contributed by atoms with E-state index in [0.717, 1.165) is 44.6 Å². The molecule has 2 aliphatic rings. The van der Waals surface area contributed by atoms with E-state index in [1.54, 1.807) is 0 Å². The predicted octanol–water partition coefficient (Wildman–Crippen LogP) is 3.62. The summed E-state index contributed by atoms with van der Waals surface area (Å²) < 4.78 is 0. The van der Waals surface area contributed by atoms with Crippen molar-refractivity contribution in [1.82, 2.24) is 10.2 Å². The summed E-state index contributed by atoms with van der Waals surface area (Å²) in [5, 5.41) is 6.44. The van der Waals surface area contributed by atoms with Crippen LogP contribution in [0.5, 0.6) is 0 Å². The molecule has 2 aliphatic heterocycles. The fourth-order valence-electron chi connectivity index (χ4n) is 4.16. The topological polar surface area (TPSA) is 61.4 Å².